The van der Waals surface area contributed by atoms with E-state index in [1.165, 1.54) is 16.3 Å². The molecule has 3 fully saturated rings. The second kappa shape index (κ2) is 12.8. The second-order valence-corrected chi connectivity index (χ2v) is 12.9. The Bertz CT molecular complexity index is 1200. The number of allylic oxidation sites excluding steroid dienone is 2. The smallest absolute Gasteiger partial charge is 0.405 e. The minimum absolute atomic E-state index is 0.221. The van der Waals surface area contributed by atoms with E-state index in [4.69, 9.17) is 4.74 Å². The Morgan fingerprint density at radius 2 is 1.67 bits per heavy atom. The first-order valence-corrected chi connectivity index (χ1v) is 15.3. The Morgan fingerprint density at radius 3 is 2.31 bits per heavy atom. The van der Waals surface area contributed by atoms with Crippen LogP contribution < -0.4 is 20.4 Å². The van der Waals surface area contributed by atoms with E-state index in [9.17, 15) is 19.5 Å². The Kier molecular flexibility index (Phi) is 9.11. The molecule has 1 aromatic rings. The zero-order chi connectivity index (χ0) is 29.9. The van der Waals surface area contributed by atoms with Crippen molar-refractivity contribution in [3.05, 3.63) is 48.2 Å². The van der Waals surface area contributed by atoms with Crippen LogP contribution in [0.25, 0.3) is 0 Å². The highest BCUT2D eigenvalue weighted by molar-refractivity contribution is 5.92. The standard InChI is InChI=1S/C32H45N5O5/c1-32(2,3)28(34-31(40)41)30(39)37-17-5-7-27(37)29(38)33-23-10-8-22(9-11-23)26-6-4-16-36(26)25-14-12-24(13-15-25)35-18-20-42-21-19-35/h8,10-15,22,26-28,34H,4-7,9,16-21H2,1-3H3,(H,33,38)(H,40,41)/t22?,26-,27+,28-/m1/s1. The zero-order valence-corrected chi connectivity index (χ0v) is 25.1. The topological polar surface area (TPSA) is 114 Å². The summed E-state index contributed by atoms with van der Waals surface area (Å²) in [7, 11) is 0. The fraction of sp³-hybridized carbons (Fsp3) is 0.594. The van der Waals surface area contributed by atoms with E-state index in [1.54, 1.807) is 0 Å². The lowest BCUT2D eigenvalue weighted by molar-refractivity contribution is -0.141. The third-order valence-electron chi connectivity index (χ3n) is 8.97. The van der Waals surface area contributed by atoms with E-state index >= 15 is 0 Å². The van der Waals surface area contributed by atoms with Crippen molar-refractivity contribution in [2.24, 2.45) is 11.3 Å². The average molecular weight is 580 g/mol. The predicted octanol–water partition coefficient (Wildman–Crippen LogP) is 3.74. The molecule has 42 heavy (non-hydrogen) atoms. The third kappa shape index (κ3) is 6.75. The van der Waals surface area contributed by atoms with E-state index < -0.39 is 23.6 Å². The molecular weight excluding hydrogens is 534 g/mol. The number of carbonyl (C=O) groups excluding carboxylic acids is 2. The third-order valence-corrected chi connectivity index (χ3v) is 8.97. The molecule has 3 N–H and O–H groups in total. The Balaban J connectivity index is 1.18. The van der Waals surface area contributed by atoms with Crippen LogP contribution in [-0.2, 0) is 14.3 Å². The summed E-state index contributed by atoms with van der Waals surface area (Å²) in [5, 5.41) is 14.7. The average Bonchev–Trinajstić information content (AvgIpc) is 3.67. The quantitative estimate of drug-likeness (QED) is 0.451. The zero-order valence-electron chi connectivity index (χ0n) is 25.1. The number of carbonyl (C=O) groups is 3. The molecule has 0 aromatic heterocycles. The molecule has 3 amide bonds. The molecule has 4 aliphatic rings. The molecule has 1 aliphatic carbocycles. The molecule has 10 heteroatoms. The van der Waals surface area contributed by atoms with Gasteiger partial charge in [-0.15, -0.1) is 0 Å². The van der Waals surface area contributed by atoms with Gasteiger partial charge >= 0.3 is 6.09 Å². The van der Waals surface area contributed by atoms with Gasteiger partial charge in [-0.3, -0.25) is 9.59 Å². The predicted molar refractivity (Wildman–Crippen MR) is 162 cm³/mol. The van der Waals surface area contributed by atoms with Gasteiger partial charge in [0.25, 0.3) is 0 Å². The Hall–Kier alpha value is -3.53. The number of benzene rings is 1. The summed E-state index contributed by atoms with van der Waals surface area (Å²) < 4.78 is 5.49. The first-order chi connectivity index (χ1) is 20.1. The van der Waals surface area contributed by atoms with Crippen LogP contribution in [0.1, 0.15) is 52.9 Å². The van der Waals surface area contributed by atoms with Gasteiger partial charge in [-0.2, -0.15) is 0 Å². The molecule has 3 saturated heterocycles. The normalized spacial score (nSPS) is 25.3. The SMILES string of the molecule is CC(C)(C)[C@H](NC(=O)O)C(=O)N1CCC[C@H]1C(=O)NC1=CCC([C@H]2CCCN2c2ccc(N3CCOCC3)cc2)C=C1. The van der Waals surface area contributed by atoms with Crippen LogP contribution in [0.3, 0.4) is 0 Å². The summed E-state index contributed by atoms with van der Waals surface area (Å²) in [5.41, 5.74) is 2.63. The van der Waals surface area contributed by atoms with Gasteiger partial charge in [-0.1, -0.05) is 32.9 Å². The van der Waals surface area contributed by atoms with Crippen LogP contribution in [0.2, 0.25) is 0 Å². The number of carboxylic acid groups (broad SMARTS) is 1. The van der Waals surface area contributed by atoms with Gasteiger partial charge in [0.1, 0.15) is 12.1 Å². The minimum Gasteiger partial charge on any atom is -0.465 e. The lowest BCUT2D eigenvalue weighted by Gasteiger charge is -2.35. The first-order valence-electron chi connectivity index (χ1n) is 15.3. The maximum absolute atomic E-state index is 13.4. The summed E-state index contributed by atoms with van der Waals surface area (Å²) in [6.45, 7) is 10.3. The van der Waals surface area contributed by atoms with Crippen LogP contribution in [0.4, 0.5) is 16.2 Å². The summed E-state index contributed by atoms with van der Waals surface area (Å²) in [6, 6.07) is 7.78. The van der Waals surface area contributed by atoms with Gasteiger partial charge in [0.2, 0.25) is 11.8 Å². The number of hydrogen-bond acceptors (Lipinski definition) is 6. The fourth-order valence-corrected chi connectivity index (χ4v) is 6.72. The molecule has 10 nitrogen and oxygen atoms in total. The molecule has 0 saturated carbocycles. The maximum Gasteiger partial charge on any atom is 0.405 e. The first kappa shape index (κ1) is 29.9. The van der Waals surface area contributed by atoms with Gasteiger partial charge in [0.05, 0.1) is 13.2 Å². The molecule has 0 spiro atoms. The molecule has 1 aromatic carbocycles. The van der Waals surface area contributed by atoms with Crippen LogP contribution in [-0.4, -0.2) is 85.4 Å². The highest BCUT2D eigenvalue weighted by Crippen LogP contribution is 2.35. The molecule has 0 radical (unpaired) electrons. The lowest BCUT2D eigenvalue weighted by Crippen LogP contribution is -2.57. The Labute approximate surface area is 248 Å². The van der Waals surface area contributed by atoms with Crippen molar-refractivity contribution in [3.63, 3.8) is 0 Å². The number of morpholine rings is 1. The van der Waals surface area contributed by atoms with Crippen molar-refractivity contribution < 1.29 is 24.2 Å². The van der Waals surface area contributed by atoms with Gasteiger partial charge in [-0.25, -0.2) is 4.79 Å². The number of nitrogens with one attached hydrogen (secondary N) is 2. The highest BCUT2D eigenvalue weighted by atomic mass is 16.5. The van der Waals surface area contributed by atoms with Gasteiger partial charge in [-0.05, 0) is 67.9 Å². The van der Waals surface area contributed by atoms with E-state index in [0.717, 1.165) is 57.8 Å². The number of rotatable bonds is 7. The molecule has 0 bridgehead atoms. The van der Waals surface area contributed by atoms with Gasteiger partial charge in [0.15, 0.2) is 0 Å². The molecule has 3 heterocycles. The summed E-state index contributed by atoms with van der Waals surface area (Å²) in [5.74, 6) is -0.220. The monoisotopic (exact) mass is 579 g/mol. The van der Waals surface area contributed by atoms with E-state index in [2.05, 4.69) is 56.9 Å². The van der Waals surface area contributed by atoms with Gasteiger partial charge < -0.3 is 35.2 Å². The van der Waals surface area contributed by atoms with Crippen LogP contribution in [0.5, 0.6) is 0 Å². The molecular formula is C32H45N5O5. The minimum atomic E-state index is -1.25. The summed E-state index contributed by atoms with van der Waals surface area (Å²) in [6.07, 6.45) is 9.44. The lowest BCUT2D eigenvalue weighted by atomic mass is 9.85. The fourth-order valence-electron chi connectivity index (χ4n) is 6.72. The van der Waals surface area contributed by atoms with Crippen LogP contribution in [0.15, 0.2) is 48.2 Å². The number of ether oxygens (including phenoxy) is 1. The highest BCUT2D eigenvalue weighted by Gasteiger charge is 2.42. The summed E-state index contributed by atoms with van der Waals surface area (Å²) >= 11 is 0. The molecule has 5 rings (SSSR count). The largest absolute Gasteiger partial charge is 0.465 e. The Morgan fingerprint density at radius 1 is 0.976 bits per heavy atom. The number of likely N-dealkylation sites (tertiary alicyclic amines) is 1. The van der Waals surface area contributed by atoms with E-state index in [-0.39, 0.29) is 11.8 Å². The van der Waals surface area contributed by atoms with Crippen LogP contribution >= 0.6 is 0 Å². The van der Waals surface area contributed by atoms with Gasteiger partial charge in [0, 0.05) is 55.2 Å². The molecule has 1 unspecified atom stereocenters. The molecule has 4 atom stereocenters. The van der Waals surface area contributed by atoms with E-state index in [0.29, 0.717) is 31.3 Å². The van der Waals surface area contributed by atoms with E-state index in [1.807, 2.05) is 26.8 Å². The maximum atomic E-state index is 13.4. The summed E-state index contributed by atoms with van der Waals surface area (Å²) in [4.78, 5) is 44.5. The van der Waals surface area contributed by atoms with Crippen molar-refractivity contribution in [1.82, 2.24) is 15.5 Å². The second-order valence-electron chi connectivity index (χ2n) is 12.9. The van der Waals surface area contributed by atoms with Crippen molar-refractivity contribution >= 4 is 29.3 Å². The molecule has 3 aliphatic heterocycles. The van der Waals surface area contributed by atoms with Crippen molar-refractivity contribution in [2.75, 3.05) is 49.2 Å². The number of nitrogens with zero attached hydrogens (tertiary/aromatic N) is 3. The van der Waals surface area contributed by atoms with Crippen LogP contribution in [0, 0.1) is 11.3 Å². The van der Waals surface area contributed by atoms with Crippen molar-refractivity contribution in [3.8, 4) is 0 Å². The number of amides is 3. The molecule has 228 valence electrons. The number of hydrogen-bond donors (Lipinski definition) is 3. The number of anilines is 2. The van der Waals surface area contributed by atoms with Crippen molar-refractivity contribution in [1.29, 1.82) is 0 Å². The van der Waals surface area contributed by atoms with Crippen molar-refractivity contribution in [2.45, 2.75) is 71.0 Å².